The number of phenolic OH excluding ortho intramolecular Hbond substituents is 1. The molecule has 0 saturated carbocycles. The second-order valence-corrected chi connectivity index (χ2v) is 11.0. The quantitative estimate of drug-likeness (QED) is 0.542. The highest BCUT2D eigenvalue weighted by Gasteiger charge is 2.25. The van der Waals surface area contributed by atoms with Gasteiger partial charge in [-0.05, 0) is 76.1 Å². The average Bonchev–Trinajstić information content (AvgIpc) is 2.69. The third-order valence-electron chi connectivity index (χ3n) is 4.97. The van der Waals surface area contributed by atoms with Crippen LogP contribution in [0.2, 0.25) is 0 Å². The van der Waals surface area contributed by atoms with E-state index in [-0.39, 0.29) is 16.1 Å². The van der Waals surface area contributed by atoms with Gasteiger partial charge in [0, 0.05) is 13.1 Å². The minimum absolute atomic E-state index is 0.0195. The maximum Gasteiger partial charge on any atom is 0.243 e. The molecule has 8 heteroatoms. The van der Waals surface area contributed by atoms with E-state index in [0.717, 1.165) is 24.8 Å². The first kappa shape index (κ1) is 21.9. The van der Waals surface area contributed by atoms with Crippen molar-refractivity contribution < 1.29 is 13.5 Å². The molecule has 0 unspecified atom stereocenters. The van der Waals surface area contributed by atoms with Crippen molar-refractivity contribution in [1.82, 2.24) is 4.31 Å². The van der Waals surface area contributed by atoms with E-state index in [0.29, 0.717) is 28.9 Å². The summed E-state index contributed by atoms with van der Waals surface area (Å²) in [7, 11) is -3.47. The molecule has 29 heavy (non-hydrogen) atoms. The second kappa shape index (κ2) is 8.53. The van der Waals surface area contributed by atoms with Gasteiger partial charge in [0.2, 0.25) is 10.0 Å². The minimum Gasteiger partial charge on any atom is -0.505 e. The van der Waals surface area contributed by atoms with Crippen LogP contribution in [0.3, 0.4) is 0 Å². The number of halogens is 1. The Bertz CT molecular complexity index is 1010. The van der Waals surface area contributed by atoms with Crippen molar-refractivity contribution in [3.8, 4) is 5.75 Å². The number of hydrogen-bond acceptors (Lipinski definition) is 5. The first-order valence-electron chi connectivity index (χ1n) is 9.64. The molecule has 0 amide bonds. The van der Waals surface area contributed by atoms with Crippen LogP contribution in [-0.4, -0.2) is 30.9 Å². The number of benzene rings is 2. The smallest absolute Gasteiger partial charge is 0.243 e. The van der Waals surface area contributed by atoms with Gasteiger partial charge < -0.3 is 5.11 Å². The van der Waals surface area contributed by atoms with E-state index in [4.69, 9.17) is 0 Å². The predicted octanol–water partition coefficient (Wildman–Crippen LogP) is 6.04. The Balaban J connectivity index is 1.83. The molecule has 6 nitrogen and oxygen atoms in total. The molecular weight excluding hydrogens is 454 g/mol. The van der Waals surface area contributed by atoms with Gasteiger partial charge in [-0.1, -0.05) is 27.2 Å². The van der Waals surface area contributed by atoms with Gasteiger partial charge in [0.1, 0.15) is 5.69 Å². The first-order chi connectivity index (χ1) is 13.6. The molecule has 0 spiro atoms. The predicted molar refractivity (Wildman–Crippen MR) is 118 cm³/mol. The third kappa shape index (κ3) is 5.05. The van der Waals surface area contributed by atoms with Crippen molar-refractivity contribution in [1.29, 1.82) is 0 Å². The molecule has 156 valence electrons. The molecule has 0 radical (unpaired) electrons. The average molecular weight is 480 g/mol. The largest absolute Gasteiger partial charge is 0.505 e. The number of nitrogens with zero attached hydrogens (tertiary/aromatic N) is 3. The summed E-state index contributed by atoms with van der Waals surface area (Å²) in [5, 5.41) is 18.6. The van der Waals surface area contributed by atoms with Crippen LogP contribution in [0, 0.1) is 0 Å². The maximum absolute atomic E-state index is 12.7. The molecule has 1 aliphatic heterocycles. The Morgan fingerprint density at radius 3 is 2.21 bits per heavy atom. The molecule has 1 N–H and O–H groups in total. The Hall–Kier alpha value is -1.77. The zero-order valence-electron chi connectivity index (χ0n) is 16.9. The lowest BCUT2D eigenvalue weighted by molar-refractivity contribution is 0.346. The van der Waals surface area contributed by atoms with Crippen LogP contribution >= 0.6 is 15.9 Å². The zero-order valence-corrected chi connectivity index (χ0v) is 19.3. The van der Waals surface area contributed by atoms with E-state index in [1.165, 1.54) is 0 Å². The summed E-state index contributed by atoms with van der Waals surface area (Å²) in [6.07, 6.45) is 2.88. The highest BCUT2D eigenvalue weighted by molar-refractivity contribution is 9.10. The Morgan fingerprint density at radius 2 is 1.62 bits per heavy atom. The van der Waals surface area contributed by atoms with E-state index in [9.17, 15) is 13.5 Å². The fraction of sp³-hybridized carbons (Fsp3) is 0.429. The normalized spacial score (nSPS) is 16.4. The van der Waals surface area contributed by atoms with Gasteiger partial charge in [-0.25, -0.2) is 8.42 Å². The second-order valence-electron chi connectivity index (χ2n) is 8.23. The molecule has 3 rings (SSSR count). The summed E-state index contributed by atoms with van der Waals surface area (Å²) < 4.78 is 27.5. The van der Waals surface area contributed by atoms with Gasteiger partial charge in [-0.15, -0.1) is 5.11 Å². The number of azo groups is 1. The van der Waals surface area contributed by atoms with Crippen molar-refractivity contribution in [3.05, 3.63) is 46.4 Å². The summed E-state index contributed by atoms with van der Waals surface area (Å²) in [5.41, 5.74) is 1.78. The minimum atomic E-state index is -3.47. The van der Waals surface area contributed by atoms with Gasteiger partial charge >= 0.3 is 0 Å². The van der Waals surface area contributed by atoms with Crippen LogP contribution in [-0.2, 0) is 15.4 Å². The van der Waals surface area contributed by atoms with Gasteiger partial charge in [-0.2, -0.15) is 9.42 Å². The van der Waals surface area contributed by atoms with E-state index in [1.54, 1.807) is 34.6 Å². The lowest BCUT2D eigenvalue weighted by Crippen LogP contribution is -2.35. The van der Waals surface area contributed by atoms with E-state index in [1.807, 2.05) is 6.07 Å². The van der Waals surface area contributed by atoms with Crippen LogP contribution in [0.15, 0.2) is 56.0 Å². The van der Waals surface area contributed by atoms with E-state index < -0.39 is 10.0 Å². The number of rotatable bonds is 4. The highest BCUT2D eigenvalue weighted by Crippen LogP contribution is 2.39. The molecule has 1 saturated heterocycles. The summed E-state index contributed by atoms with van der Waals surface area (Å²) in [5.74, 6) is 0.0195. The summed E-state index contributed by atoms with van der Waals surface area (Å²) >= 11 is 3.36. The number of hydrogen-bond donors (Lipinski definition) is 1. The van der Waals surface area contributed by atoms with Gasteiger partial charge in [0.15, 0.2) is 5.75 Å². The molecule has 1 heterocycles. The number of sulfonamides is 1. The SMILES string of the molecule is CC(C)(C)c1cc(Br)c(O)c(N=Nc2ccc(S(=O)(=O)N3CCCCC3)cc2)c1. The first-order valence-corrected chi connectivity index (χ1v) is 11.9. The molecule has 2 aromatic rings. The summed E-state index contributed by atoms with van der Waals surface area (Å²) in [6, 6.07) is 10.0. The van der Waals surface area contributed by atoms with Crippen molar-refractivity contribution in [2.24, 2.45) is 10.2 Å². The number of phenols is 1. The molecular formula is C21H26BrN3O3S. The monoisotopic (exact) mass is 479 g/mol. The fourth-order valence-corrected chi connectivity index (χ4v) is 5.11. The van der Waals surface area contributed by atoms with Crippen LogP contribution < -0.4 is 0 Å². The molecule has 1 fully saturated rings. The molecule has 1 aliphatic rings. The molecule has 0 atom stereocenters. The van der Waals surface area contributed by atoms with Gasteiger partial charge in [-0.3, -0.25) is 0 Å². The van der Waals surface area contributed by atoms with E-state index in [2.05, 4.69) is 46.9 Å². The Labute approximate surface area is 180 Å². The van der Waals surface area contributed by atoms with Crippen molar-refractivity contribution in [2.45, 2.75) is 50.3 Å². The van der Waals surface area contributed by atoms with E-state index >= 15 is 0 Å². The molecule has 0 aromatic heterocycles. The Morgan fingerprint density at radius 1 is 1.00 bits per heavy atom. The maximum atomic E-state index is 12.7. The lowest BCUT2D eigenvalue weighted by Gasteiger charge is -2.25. The lowest BCUT2D eigenvalue weighted by atomic mass is 9.87. The molecule has 0 aliphatic carbocycles. The standard InChI is InChI=1S/C21H26BrN3O3S/c1-21(2,3)15-13-18(22)20(26)19(14-15)24-23-16-7-9-17(10-8-16)29(27,28)25-11-5-4-6-12-25/h7-10,13-14,26H,4-6,11-12H2,1-3H3. The van der Waals surface area contributed by atoms with Crippen LogP contribution in [0.1, 0.15) is 45.6 Å². The topological polar surface area (TPSA) is 82.3 Å². The fourth-order valence-electron chi connectivity index (χ4n) is 3.14. The van der Waals surface area contributed by atoms with Crippen molar-refractivity contribution >= 4 is 37.3 Å². The third-order valence-corrected chi connectivity index (χ3v) is 7.49. The van der Waals surface area contributed by atoms with Gasteiger partial charge in [0.05, 0.1) is 15.1 Å². The molecule has 2 aromatic carbocycles. The summed E-state index contributed by atoms with van der Waals surface area (Å²) in [4.78, 5) is 0.263. The van der Waals surface area contributed by atoms with Crippen LogP contribution in [0.5, 0.6) is 5.75 Å². The summed E-state index contributed by atoms with van der Waals surface area (Å²) in [6.45, 7) is 7.38. The zero-order chi connectivity index (χ0) is 21.2. The highest BCUT2D eigenvalue weighted by atomic mass is 79.9. The Kier molecular flexibility index (Phi) is 6.45. The van der Waals surface area contributed by atoms with Gasteiger partial charge in [0.25, 0.3) is 0 Å². The van der Waals surface area contributed by atoms with Crippen molar-refractivity contribution in [2.75, 3.05) is 13.1 Å². The van der Waals surface area contributed by atoms with Crippen LogP contribution in [0.25, 0.3) is 0 Å². The van der Waals surface area contributed by atoms with Crippen LogP contribution in [0.4, 0.5) is 11.4 Å². The number of aromatic hydroxyl groups is 1. The van der Waals surface area contributed by atoms with Crippen molar-refractivity contribution in [3.63, 3.8) is 0 Å². The number of piperidine rings is 1. The molecule has 0 bridgehead atoms.